The van der Waals surface area contributed by atoms with Gasteiger partial charge in [0.2, 0.25) is 21.8 Å². The summed E-state index contributed by atoms with van der Waals surface area (Å²) in [6, 6.07) is 11.6. The van der Waals surface area contributed by atoms with Crippen LogP contribution >= 0.6 is 0 Å². The van der Waals surface area contributed by atoms with Gasteiger partial charge in [-0.2, -0.15) is 0 Å². The van der Waals surface area contributed by atoms with Crippen molar-refractivity contribution in [1.29, 1.82) is 0 Å². The molecule has 0 fully saturated rings. The van der Waals surface area contributed by atoms with Crippen LogP contribution in [0.3, 0.4) is 0 Å². The van der Waals surface area contributed by atoms with Crippen molar-refractivity contribution >= 4 is 33.2 Å². The molecule has 2 aromatic carbocycles. The minimum Gasteiger partial charge on any atom is -0.357 e. The van der Waals surface area contributed by atoms with Gasteiger partial charge in [0.1, 0.15) is 12.6 Å². The van der Waals surface area contributed by atoms with Crippen molar-refractivity contribution in [2.45, 2.75) is 32.9 Å². The number of amides is 2. The van der Waals surface area contributed by atoms with Crippen molar-refractivity contribution in [2.24, 2.45) is 0 Å². The Labute approximate surface area is 193 Å². The fourth-order valence-electron chi connectivity index (χ4n) is 3.43. The molecule has 0 bridgehead atoms. The summed E-state index contributed by atoms with van der Waals surface area (Å²) in [6.07, 6.45) is 1.23. The number of nitrogens with one attached hydrogen (secondary N) is 1. The summed E-state index contributed by atoms with van der Waals surface area (Å²) >= 11 is 0. The summed E-state index contributed by atoms with van der Waals surface area (Å²) in [5.41, 5.74) is 1.42. The topological polar surface area (TPSA) is 130 Å². The molecule has 2 amide bonds. The highest BCUT2D eigenvalue weighted by atomic mass is 32.2. The van der Waals surface area contributed by atoms with Crippen molar-refractivity contribution < 1.29 is 22.9 Å². The molecule has 0 heterocycles. The first-order chi connectivity index (χ1) is 15.5. The predicted octanol–water partition coefficient (Wildman–Crippen LogP) is 2.22. The first kappa shape index (κ1) is 25.8. The maximum Gasteiger partial charge on any atom is 0.271 e. The number of rotatable bonds is 10. The normalized spacial score (nSPS) is 12.0. The first-order valence-corrected chi connectivity index (χ1v) is 12.1. The fourth-order valence-corrected chi connectivity index (χ4v) is 4.27. The maximum absolute atomic E-state index is 13.4. The van der Waals surface area contributed by atoms with E-state index in [9.17, 15) is 28.1 Å². The molecule has 0 aromatic heterocycles. The van der Waals surface area contributed by atoms with Gasteiger partial charge in [-0.1, -0.05) is 37.3 Å². The molecular weight excluding hydrogens is 448 g/mol. The molecule has 0 radical (unpaired) electrons. The summed E-state index contributed by atoms with van der Waals surface area (Å²) in [4.78, 5) is 37.8. The van der Waals surface area contributed by atoms with E-state index in [1.807, 2.05) is 31.2 Å². The van der Waals surface area contributed by atoms with Crippen molar-refractivity contribution in [3.8, 4) is 0 Å². The summed E-state index contributed by atoms with van der Waals surface area (Å²) < 4.78 is 25.8. The number of non-ortho nitro benzene ring substituents is 1. The number of hydrogen-bond donors (Lipinski definition) is 1. The van der Waals surface area contributed by atoms with Gasteiger partial charge in [0.05, 0.1) is 16.9 Å². The molecule has 0 spiro atoms. The average molecular weight is 477 g/mol. The van der Waals surface area contributed by atoms with Gasteiger partial charge in [-0.05, 0) is 30.5 Å². The van der Waals surface area contributed by atoms with E-state index < -0.39 is 33.4 Å². The number of anilines is 1. The van der Waals surface area contributed by atoms with E-state index in [1.54, 1.807) is 6.92 Å². The number of likely N-dealkylation sites (N-methyl/N-ethyl adjacent to an activating group) is 1. The van der Waals surface area contributed by atoms with Crippen LogP contribution in [-0.2, 0) is 26.2 Å². The van der Waals surface area contributed by atoms with E-state index in [-0.39, 0.29) is 23.8 Å². The van der Waals surface area contributed by atoms with Crippen LogP contribution < -0.4 is 9.62 Å². The van der Waals surface area contributed by atoms with Crippen molar-refractivity contribution in [1.82, 2.24) is 10.2 Å². The molecule has 0 aliphatic rings. The highest BCUT2D eigenvalue weighted by molar-refractivity contribution is 7.92. The van der Waals surface area contributed by atoms with Crippen LogP contribution in [0.25, 0.3) is 0 Å². The van der Waals surface area contributed by atoms with E-state index in [1.165, 1.54) is 30.1 Å². The van der Waals surface area contributed by atoms with E-state index in [2.05, 4.69) is 5.32 Å². The van der Waals surface area contributed by atoms with Crippen LogP contribution in [0.1, 0.15) is 24.5 Å². The second kappa shape index (κ2) is 10.9. The molecule has 0 saturated carbocycles. The summed E-state index contributed by atoms with van der Waals surface area (Å²) in [5.74, 6) is -0.980. The fraction of sp³-hybridized carbons (Fsp3) is 0.364. The Morgan fingerprint density at radius 3 is 2.36 bits per heavy atom. The third-order valence-electron chi connectivity index (χ3n) is 5.24. The lowest BCUT2D eigenvalue weighted by molar-refractivity contribution is -0.384. The Balaban J connectivity index is 2.48. The predicted molar refractivity (Wildman–Crippen MR) is 125 cm³/mol. The molecule has 0 aliphatic carbocycles. The molecule has 0 aliphatic heterocycles. The number of nitro benzene ring substituents is 1. The number of hydrogen-bond acceptors (Lipinski definition) is 6. The lowest BCUT2D eigenvalue weighted by Crippen LogP contribution is -2.51. The number of carbonyl (C=O) groups is 2. The molecule has 2 aromatic rings. The number of nitrogens with zero attached hydrogens (tertiary/aromatic N) is 3. The standard InChI is InChI=1S/C22H28N4O6S/c1-5-20(22(28)23-3)24(14-17-10-7-6-9-16(17)2)21(27)15-25(33(4,31)32)18-11-8-12-19(13-18)26(29)30/h6-13,20H,5,14-15H2,1-4H3,(H,23,28)/t20-/m0/s1. The summed E-state index contributed by atoms with van der Waals surface area (Å²) in [6.45, 7) is 3.13. The van der Waals surface area contributed by atoms with Crippen LogP contribution in [0.4, 0.5) is 11.4 Å². The molecule has 33 heavy (non-hydrogen) atoms. The van der Waals surface area contributed by atoms with E-state index >= 15 is 0 Å². The zero-order valence-corrected chi connectivity index (χ0v) is 19.8. The van der Waals surface area contributed by atoms with Crippen molar-refractivity contribution in [2.75, 3.05) is 24.2 Å². The van der Waals surface area contributed by atoms with Crippen LogP contribution in [-0.4, -0.2) is 55.9 Å². The van der Waals surface area contributed by atoms with Gasteiger partial charge in [-0.25, -0.2) is 8.42 Å². The van der Waals surface area contributed by atoms with Gasteiger partial charge in [0.15, 0.2) is 0 Å². The second-order valence-electron chi connectivity index (χ2n) is 7.53. The Hall–Kier alpha value is -3.47. The Morgan fingerprint density at radius 1 is 1.15 bits per heavy atom. The van der Waals surface area contributed by atoms with Gasteiger partial charge in [-0.3, -0.25) is 24.0 Å². The van der Waals surface area contributed by atoms with Gasteiger partial charge >= 0.3 is 0 Å². The highest BCUT2D eigenvalue weighted by Crippen LogP contribution is 2.24. The minimum atomic E-state index is -3.97. The molecule has 2 rings (SSSR count). The number of benzene rings is 2. The summed E-state index contributed by atoms with van der Waals surface area (Å²) in [5, 5.41) is 13.7. The molecule has 0 unspecified atom stereocenters. The molecule has 178 valence electrons. The molecule has 0 saturated heterocycles. The number of carbonyl (C=O) groups excluding carboxylic acids is 2. The first-order valence-electron chi connectivity index (χ1n) is 10.3. The lowest BCUT2D eigenvalue weighted by atomic mass is 10.1. The van der Waals surface area contributed by atoms with Gasteiger partial charge in [0.25, 0.3) is 5.69 Å². The van der Waals surface area contributed by atoms with Crippen LogP contribution in [0.15, 0.2) is 48.5 Å². The molecule has 1 N–H and O–H groups in total. The maximum atomic E-state index is 13.4. The highest BCUT2D eigenvalue weighted by Gasteiger charge is 2.31. The zero-order chi connectivity index (χ0) is 24.8. The monoisotopic (exact) mass is 476 g/mol. The van der Waals surface area contributed by atoms with Gasteiger partial charge in [-0.15, -0.1) is 0 Å². The third-order valence-corrected chi connectivity index (χ3v) is 6.38. The largest absolute Gasteiger partial charge is 0.357 e. The molecular formula is C22H28N4O6S. The number of aryl methyl sites for hydroxylation is 1. The van der Waals surface area contributed by atoms with E-state index in [0.29, 0.717) is 6.42 Å². The zero-order valence-electron chi connectivity index (χ0n) is 19.0. The van der Waals surface area contributed by atoms with Crippen molar-refractivity contribution in [3.63, 3.8) is 0 Å². The minimum absolute atomic E-state index is 0.0103. The third kappa shape index (κ3) is 6.51. The Kier molecular flexibility index (Phi) is 8.52. The van der Waals surface area contributed by atoms with E-state index in [0.717, 1.165) is 27.8 Å². The SMILES string of the molecule is CC[C@@H](C(=O)NC)N(Cc1ccccc1C)C(=O)CN(c1cccc([N+](=O)[O-])c1)S(C)(=O)=O. The molecule has 11 heteroatoms. The lowest BCUT2D eigenvalue weighted by Gasteiger charge is -2.32. The molecule has 1 atom stereocenters. The Morgan fingerprint density at radius 2 is 1.82 bits per heavy atom. The summed E-state index contributed by atoms with van der Waals surface area (Å²) in [7, 11) is -2.50. The van der Waals surface area contributed by atoms with Crippen LogP contribution in [0.5, 0.6) is 0 Å². The smallest absolute Gasteiger partial charge is 0.271 e. The van der Waals surface area contributed by atoms with Gasteiger partial charge < -0.3 is 10.2 Å². The average Bonchev–Trinajstić information content (AvgIpc) is 2.77. The van der Waals surface area contributed by atoms with Crippen LogP contribution in [0.2, 0.25) is 0 Å². The van der Waals surface area contributed by atoms with E-state index in [4.69, 9.17) is 0 Å². The second-order valence-corrected chi connectivity index (χ2v) is 9.44. The van der Waals surface area contributed by atoms with Gasteiger partial charge in [0, 0.05) is 25.7 Å². The van der Waals surface area contributed by atoms with Crippen LogP contribution in [0, 0.1) is 17.0 Å². The Bertz CT molecular complexity index is 1140. The van der Waals surface area contributed by atoms with Crippen molar-refractivity contribution in [3.05, 3.63) is 69.8 Å². The molecule has 10 nitrogen and oxygen atoms in total. The quantitative estimate of drug-likeness (QED) is 0.413. The number of sulfonamides is 1. The number of nitro groups is 1.